The van der Waals surface area contributed by atoms with E-state index in [-0.39, 0.29) is 19.6 Å². The van der Waals surface area contributed by atoms with Gasteiger partial charge in [-0.1, -0.05) is 6.08 Å². The average molecular weight is 410 g/mol. The Labute approximate surface area is 171 Å². The number of ether oxygens (including phenoxy) is 6. The molecule has 1 aliphatic rings. The van der Waals surface area contributed by atoms with Crippen molar-refractivity contribution in [2.45, 2.75) is 51.0 Å². The fourth-order valence-electron chi connectivity index (χ4n) is 2.96. The molecule has 3 atom stereocenters. The molecular formula is C21H30O8. The van der Waals surface area contributed by atoms with Crippen LogP contribution in [-0.2, 0) is 30.3 Å². The molecule has 1 saturated heterocycles. The molecule has 0 unspecified atom stereocenters. The Bertz CT molecular complexity index is 700. The number of methoxy groups -OCH3 is 3. The molecule has 1 aliphatic heterocycles. The van der Waals surface area contributed by atoms with Crippen molar-refractivity contribution >= 4 is 5.97 Å². The zero-order valence-electron chi connectivity index (χ0n) is 17.5. The quantitative estimate of drug-likeness (QED) is 0.464. The summed E-state index contributed by atoms with van der Waals surface area (Å²) in [5, 5.41) is 10.8. The normalized spacial score (nSPS) is 20.4. The number of hydrogen-bond donors (Lipinski definition) is 1. The number of hydrogen-bond acceptors (Lipinski definition) is 8. The van der Waals surface area contributed by atoms with Gasteiger partial charge in [-0.05, 0) is 32.4 Å². The molecule has 1 aromatic carbocycles. The van der Waals surface area contributed by atoms with Crippen LogP contribution in [0.1, 0.15) is 25.8 Å². The third kappa shape index (κ3) is 6.71. The predicted octanol–water partition coefficient (Wildman–Crippen LogP) is 2.22. The molecule has 0 bridgehead atoms. The van der Waals surface area contributed by atoms with Gasteiger partial charge in [0, 0.05) is 17.7 Å². The number of carbonyl (C=O) groups is 1. The van der Waals surface area contributed by atoms with E-state index in [9.17, 15) is 9.90 Å². The molecule has 0 aliphatic carbocycles. The zero-order chi connectivity index (χ0) is 21.4. The van der Waals surface area contributed by atoms with Crippen LogP contribution in [0, 0.1) is 0 Å². The monoisotopic (exact) mass is 410 g/mol. The van der Waals surface area contributed by atoms with E-state index in [0.717, 1.165) is 5.56 Å². The van der Waals surface area contributed by atoms with Crippen molar-refractivity contribution in [3.05, 3.63) is 35.9 Å². The largest absolute Gasteiger partial charge is 0.497 e. The molecule has 0 radical (unpaired) electrons. The standard InChI is InChI=1S/C21H30O8/c1-21(2)28-13-18(29-21)20(23)16(7-6-8-19(22)26-5)27-12-14-9-10-15(24-3)11-17(14)25-4/h6,8-11,16,18,20,23H,7,12-13H2,1-5H3/b8-6+/t16-,18-,20+/m1/s1. The topological polar surface area (TPSA) is 92.7 Å². The number of aliphatic hydroxyl groups excluding tert-OH is 1. The molecule has 2 rings (SSSR count). The molecule has 1 aromatic rings. The van der Waals surface area contributed by atoms with Crippen LogP contribution in [0.2, 0.25) is 0 Å². The molecule has 29 heavy (non-hydrogen) atoms. The third-order valence-electron chi connectivity index (χ3n) is 4.56. The molecule has 8 nitrogen and oxygen atoms in total. The van der Waals surface area contributed by atoms with Crippen molar-refractivity contribution in [3.63, 3.8) is 0 Å². The van der Waals surface area contributed by atoms with Gasteiger partial charge in [0.2, 0.25) is 0 Å². The van der Waals surface area contributed by atoms with Crippen LogP contribution in [0.3, 0.4) is 0 Å². The minimum Gasteiger partial charge on any atom is -0.497 e. The first-order valence-electron chi connectivity index (χ1n) is 9.36. The molecule has 162 valence electrons. The lowest BCUT2D eigenvalue weighted by Gasteiger charge is -2.27. The number of rotatable bonds is 10. The summed E-state index contributed by atoms with van der Waals surface area (Å²) in [5.41, 5.74) is 0.798. The molecule has 0 aromatic heterocycles. The van der Waals surface area contributed by atoms with Crippen LogP contribution >= 0.6 is 0 Å². The van der Waals surface area contributed by atoms with E-state index >= 15 is 0 Å². The Balaban J connectivity index is 2.10. The van der Waals surface area contributed by atoms with Crippen LogP contribution in [0.15, 0.2) is 30.4 Å². The van der Waals surface area contributed by atoms with Gasteiger partial charge < -0.3 is 33.5 Å². The Kier molecular flexibility index (Phi) is 8.45. The molecule has 1 heterocycles. The molecule has 1 fully saturated rings. The molecule has 1 N–H and O–H groups in total. The van der Waals surface area contributed by atoms with Gasteiger partial charge in [0.1, 0.15) is 23.7 Å². The predicted molar refractivity (Wildman–Crippen MR) is 105 cm³/mol. The van der Waals surface area contributed by atoms with E-state index in [2.05, 4.69) is 4.74 Å². The van der Waals surface area contributed by atoms with Gasteiger partial charge in [-0.25, -0.2) is 4.79 Å². The van der Waals surface area contributed by atoms with Gasteiger partial charge in [0.15, 0.2) is 5.79 Å². The summed E-state index contributed by atoms with van der Waals surface area (Å²) in [6.07, 6.45) is 1.06. The second-order valence-electron chi connectivity index (χ2n) is 7.05. The molecule has 8 heteroatoms. The van der Waals surface area contributed by atoms with E-state index in [1.54, 1.807) is 46.3 Å². The van der Waals surface area contributed by atoms with E-state index in [0.29, 0.717) is 11.5 Å². The van der Waals surface area contributed by atoms with E-state index in [4.69, 9.17) is 23.7 Å². The SMILES string of the molecule is COC(=O)/C=C/C[C@@H](OCc1ccc(OC)cc1OC)[C@H](O)[C@H]1COC(C)(C)O1. The minimum absolute atomic E-state index is 0.192. The zero-order valence-corrected chi connectivity index (χ0v) is 17.5. The Morgan fingerprint density at radius 3 is 2.66 bits per heavy atom. The van der Waals surface area contributed by atoms with Crippen LogP contribution < -0.4 is 9.47 Å². The van der Waals surface area contributed by atoms with Gasteiger partial charge in [0.05, 0.1) is 40.6 Å². The highest BCUT2D eigenvalue weighted by Crippen LogP contribution is 2.29. The van der Waals surface area contributed by atoms with Crippen molar-refractivity contribution in [2.24, 2.45) is 0 Å². The lowest BCUT2D eigenvalue weighted by atomic mass is 10.0. The number of esters is 1. The maximum atomic E-state index is 11.3. The molecule has 0 amide bonds. The van der Waals surface area contributed by atoms with Crippen molar-refractivity contribution < 1.29 is 38.3 Å². The van der Waals surface area contributed by atoms with E-state index < -0.39 is 30.1 Å². The fraction of sp³-hybridized carbons (Fsp3) is 0.571. The van der Waals surface area contributed by atoms with E-state index in [1.807, 2.05) is 6.07 Å². The van der Waals surface area contributed by atoms with E-state index in [1.165, 1.54) is 13.2 Å². The van der Waals surface area contributed by atoms with Crippen LogP contribution in [0.25, 0.3) is 0 Å². The highest BCUT2D eigenvalue weighted by molar-refractivity contribution is 5.81. The lowest BCUT2D eigenvalue weighted by Crippen LogP contribution is -2.41. The van der Waals surface area contributed by atoms with Crippen LogP contribution in [-0.4, -0.2) is 63.1 Å². The second kappa shape index (κ2) is 10.6. The summed E-state index contributed by atoms with van der Waals surface area (Å²) in [6.45, 7) is 4.02. The summed E-state index contributed by atoms with van der Waals surface area (Å²) in [4.78, 5) is 11.3. The highest BCUT2D eigenvalue weighted by Gasteiger charge is 2.40. The first-order chi connectivity index (χ1) is 13.8. The number of carbonyl (C=O) groups excluding carboxylic acids is 1. The lowest BCUT2D eigenvalue weighted by molar-refractivity contribution is -0.165. The summed E-state index contributed by atoms with van der Waals surface area (Å²) in [6, 6.07) is 5.40. The van der Waals surface area contributed by atoms with Crippen molar-refractivity contribution in [3.8, 4) is 11.5 Å². The Hall–Kier alpha value is -2.13. The average Bonchev–Trinajstić information content (AvgIpc) is 3.09. The maximum Gasteiger partial charge on any atom is 0.330 e. The third-order valence-corrected chi connectivity index (χ3v) is 4.56. The molecule has 0 spiro atoms. The van der Waals surface area contributed by atoms with Gasteiger partial charge >= 0.3 is 5.97 Å². The minimum atomic E-state index is -0.955. The number of benzene rings is 1. The smallest absolute Gasteiger partial charge is 0.330 e. The van der Waals surface area contributed by atoms with Crippen molar-refractivity contribution in [2.75, 3.05) is 27.9 Å². The summed E-state index contributed by atoms with van der Waals surface area (Å²) in [7, 11) is 4.45. The maximum absolute atomic E-state index is 11.3. The summed E-state index contributed by atoms with van der Waals surface area (Å²) < 4.78 is 32.5. The first kappa shape index (κ1) is 23.2. The Morgan fingerprint density at radius 2 is 2.07 bits per heavy atom. The van der Waals surface area contributed by atoms with Gasteiger partial charge in [-0.15, -0.1) is 0 Å². The van der Waals surface area contributed by atoms with Crippen LogP contribution in [0.5, 0.6) is 11.5 Å². The molecular weight excluding hydrogens is 380 g/mol. The number of aliphatic hydroxyl groups is 1. The first-order valence-corrected chi connectivity index (χ1v) is 9.36. The van der Waals surface area contributed by atoms with Gasteiger partial charge in [-0.3, -0.25) is 0 Å². The summed E-state index contributed by atoms with van der Waals surface area (Å²) >= 11 is 0. The van der Waals surface area contributed by atoms with Crippen molar-refractivity contribution in [1.29, 1.82) is 0 Å². The van der Waals surface area contributed by atoms with Crippen LogP contribution in [0.4, 0.5) is 0 Å². The highest BCUT2D eigenvalue weighted by atomic mass is 16.7. The van der Waals surface area contributed by atoms with Crippen molar-refractivity contribution in [1.82, 2.24) is 0 Å². The van der Waals surface area contributed by atoms with Gasteiger partial charge in [0.25, 0.3) is 0 Å². The fourth-order valence-corrected chi connectivity index (χ4v) is 2.96. The Morgan fingerprint density at radius 1 is 1.31 bits per heavy atom. The second-order valence-corrected chi connectivity index (χ2v) is 7.05. The van der Waals surface area contributed by atoms with Gasteiger partial charge in [-0.2, -0.15) is 0 Å². The molecule has 0 saturated carbocycles. The summed E-state index contributed by atoms with van der Waals surface area (Å²) in [5.74, 6) is 0.0416.